The van der Waals surface area contributed by atoms with E-state index in [4.69, 9.17) is 18.9 Å². The van der Waals surface area contributed by atoms with E-state index in [0.29, 0.717) is 45.2 Å². The van der Waals surface area contributed by atoms with Gasteiger partial charge in [0.05, 0.1) is 42.0 Å². The second kappa shape index (κ2) is 12.5. The minimum absolute atomic E-state index is 0.0103. The van der Waals surface area contributed by atoms with Gasteiger partial charge in [-0.05, 0) is 70.4 Å². The van der Waals surface area contributed by atoms with Gasteiger partial charge in [-0.2, -0.15) is 5.10 Å². The number of ether oxygens (including phenoxy) is 4. The zero-order valence-corrected chi connectivity index (χ0v) is 21.4. The quantitative estimate of drug-likeness (QED) is 0.197. The molecule has 36 heavy (non-hydrogen) atoms. The summed E-state index contributed by atoms with van der Waals surface area (Å²) in [4.78, 5) is 22.9. The van der Waals surface area contributed by atoms with Gasteiger partial charge >= 0.3 is 0 Å². The van der Waals surface area contributed by atoms with Crippen LogP contribution in [0.15, 0.2) is 64.2 Å². The molecule has 1 amide bonds. The molecule has 0 fully saturated rings. The molecule has 0 aliphatic rings. The number of hydrogen-bond acceptors (Lipinski definition) is 8. The predicted molar refractivity (Wildman–Crippen MR) is 137 cm³/mol. The Hall–Kier alpha value is -4.12. The van der Waals surface area contributed by atoms with Crippen LogP contribution in [0.25, 0.3) is 0 Å². The minimum Gasteiger partial charge on any atom is -0.497 e. The molecular weight excluding hydrogens is 534 g/mol. The Balaban J connectivity index is 1.72. The molecule has 0 saturated carbocycles. The van der Waals surface area contributed by atoms with E-state index in [1.807, 2.05) is 6.92 Å². The number of nitrogens with one attached hydrogen (secondary N) is 1. The van der Waals surface area contributed by atoms with Crippen LogP contribution in [0.5, 0.6) is 23.0 Å². The van der Waals surface area contributed by atoms with Crippen LogP contribution in [0, 0.1) is 10.1 Å². The van der Waals surface area contributed by atoms with Gasteiger partial charge in [0.1, 0.15) is 18.1 Å². The van der Waals surface area contributed by atoms with E-state index >= 15 is 0 Å². The normalized spacial score (nSPS) is 10.7. The van der Waals surface area contributed by atoms with Crippen molar-refractivity contribution in [3.8, 4) is 23.0 Å². The highest BCUT2D eigenvalue weighted by Crippen LogP contribution is 2.37. The molecule has 11 heteroatoms. The number of nitrogens with zero attached hydrogens (tertiary/aromatic N) is 2. The van der Waals surface area contributed by atoms with Gasteiger partial charge in [0.25, 0.3) is 11.6 Å². The van der Waals surface area contributed by atoms with E-state index in [1.165, 1.54) is 32.6 Å². The van der Waals surface area contributed by atoms with Crippen molar-refractivity contribution in [2.24, 2.45) is 5.10 Å². The van der Waals surface area contributed by atoms with Crippen molar-refractivity contribution in [2.75, 3.05) is 20.8 Å². The van der Waals surface area contributed by atoms with Crippen LogP contribution in [0.1, 0.15) is 28.4 Å². The largest absolute Gasteiger partial charge is 0.497 e. The van der Waals surface area contributed by atoms with Gasteiger partial charge in [0, 0.05) is 18.2 Å². The number of nitro benzene ring substituents is 1. The smallest absolute Gasteiger partial charge is 0.275 e. The molecule has 0 atom stereocenters. The number of non-ortho nitro benzene ring substituents is 1. The summed E-state index contributed by atoms with van der Waals surface area (Å²) in [7, 11) is 2.99. The summed E-state index contributed by atoms with van der Waals surface area (Å²) < 4.78 is 22.7. The van der Waals surface area contributed by atoms with Crippen molar-refractivity contribution in [1.82, 2.24) is 5.43 Å². The van der Waals surface area contributed by atoms with Crippen molar-refractivity contribution in [2.45, 2.75) is 13.5 Å². The summed E-state index contributed by atoms with van der Waals surface area (Å²) in [5.41, 5.74) is 4.21. The summed E-state index contributed by atoms with van der Waals surface area (Å²) in [5, 5.41) is 14.9. The lowest BCUT2D eigenvalue weighted by molar-refractivity contribution is -0.384. The second-order valence-electron chi connectivity index (χ2n) is 7.24. The maximum absolute atomic E-state index is 12.5. The first-order valence-corrected chi connectivity index (χ1v) is 11.5. The summed E-state index contributed by atoms with van der Waals surface area (Å²) >= 11 is 3.49. The van der Waals surface area contributed by atoms with Crippen LogP contribution < -0.4 is 24.4 Å². The van der Waals surface area contributed by atoms with Gasteiger partial charge in [-0.1, -0.05) is 0 Å². The van der Waals surface area contributed by atoms with Gasteiger partial charge < -0.3 is 18.9 Å². The molecule has 0 bridgehead atoms. The molecule has 3 rings (SSSR count). The summed E-state index contributed by atoms with van der Waals surface area (Å²) in [5.74, 6) is 1.42. The van der Waals surface area contributed by atoms with E-state index < -0.39 is 10.8 Å². The third kappa shape index (κ3) is 6.72. The lowest BCUT2D eigenvalue weighted by atomic mass is 10.2. The fourth-order valence-electron chi connectivity index (χ4n) is 3.15. The first kappa shape index (κ1) is 26.5. The van der Waals surface area contributed by atoms with Crippen LogP contribution >= 0.6 is 15.9 Å². The summed E-state index contributed by atoms with van der Waals surface area (Å²) in [6.07, 6.45) is 1.47. The van der Waals surface area contributed by atoms with Crippen LogP contribution in [0.3, 0.4) is 0 Å². The number of carbonyl (C=O) groups excluding carboxylic acids is 1. The molecule has 0 aromatic heterocycles. The first-order chi connectivity index (χ1) is 17.4. The Labute approximate surface area is 216 Å². The monoisotopic (exact) mass is 557 g/mol. The SMILES string of the molecule is CCOc1cc(/C=N\NC(=O)c2ccc(OC)cc2OC)cc(Br)c1OCc1ccc([N+](=O)[O-])cc1. The molecule has 0 saturated heterocycles. The van der Waals surface area contributed by atoms with Crippen molar-refractivity contribution >= 4 is 33.7 Å². The number of benzene rings is 3. The molecule has 0 aliphatic heterocycles. The summed E-state index contributed by atoms with van der Waals surface area (Å²) in [6, 6.07) is 14.5. The maximum Gasteiger partial charge on any atom is 0.275 e. The Kier molecular flexibility index (Phi) is 9.23. The van der Waals surface area contributed by atoms with Crippen LogP contribution in [-0.4, -0.2) is 37.9 Å². The minimum atomic E-state index is -0.454. The topological polar surface area (TPSA) is 122 Å². The number of nitro groups is 1. The number of hydrazone groups is 1. The van der Waals surface area contributed by atoms with Crippen molar-refractivity contribution in [1.29, 1.82) is 0 Å². The highest BCUT2D eigenvalue weighted by atomic mass is 79.9. The van der Waals surface area contributed by atoms with Crippen molar-refractivity contribution in [3.63, 3.8) is 0 Å². The Morgan fingerprint density at radius 1 is 1.06 bits per heavy atom. The van der Waals surface area contributed by atoms with Crippen LogP contribution in [-0.2, 0) is 6.61 Å². The number of methoxy groups -OCH3 is 2. The van der Waals surface area contributed by atoms with Gasteiger partial charge in [0.15, 0.2) is 11.5 Å². The van der Waals surface area contributed by atoms with E-state index in [9.17, 15) is 14.9 Å². The molecule has 10 nitrogen and oxygen atoms in total. The highest BCUT2D eigenvalue weighted by Gasteiger charge is 2.14. The highest BCUT2D eigenvalue weighted by molar-refractivity contribution is 9.10. The van der Waals surface area contributed by atoms with E-state index in [1.54, 1.807) is 42.5 Å². The Morgan fingerprint density at radius 2 is 1.81 bits per heavy atom. The maximum atomic E-state index is 12.5. The van der Waals surface area contributed by atoms with Gasteiger partial charge in [-0.25, -0.2) is 5.43 Å². The molecule has 0 unspecified atom stereocenters. The van der Waals surface area contributed by atoms with E-state index in [0.717, 1.165) is 5.56 Å². The first-order valence-electron chi connectivity index (χ1n) is 10.7. The lowest BCUT2D eigenvalue weighted by Gasteiger charge is -2.14. The molecule has 0 spiro atoms. The number of hydrogen-bond donors (Lipinski definition) is 1. The molecule has 0 radical (unpaired) electrons. The molecule has 3 aromatic rings. The predicted octanol–water partition coefficient (Wildman–Crippen LogP) is 5.12. The number of halogens is 1. The molecule has 188 valence electrons. The zero-order valence-electron chi connectivity index (χ0n) is 19.8. The molecule has 0 heterocycles. The molecule has 3 aromatic carbocycles. The van der Waals surface area contributed by atoms with Crippen molar-refractivity contribution < 1.29 is 28.7 Å². The average Bonchev–Trinajstić information content (AvgIpc) is 2.88. The van der Waals surface area contributed by atoms with Gasteiger partial charge in [-0.3, -0.25) is 14.9 Å². The van der Waals surface area contributed by atoms with Crippen molar-refractivity contribution in [3.05, 3.63) is 85.9 Å². The Morgan fingerprint density at radius 3 is 2.44 bits per heavy atom. The lowest BCUT2D eigenvalue weighted by Crippen LogP contribution is -2.18. The van der Waals surface area contributed by atoms with Crippen LogP contribution in [0.2, 0.25) is 0 Å². The second-order valence-corrected chi connectivity index (χ2v) is 8.09. The van der Waals surface area contributed by atoms with Gasteiger partial charge in [-0.15, -0.1) is 0 Å². The Bertz CT molecular complexity index is 1260. The average molecular weight is 558 g/mol. The standard InChI is InChI=1S/C25H24BrN3O7/c1-4-35-23-12-17(14-27-28-25(30)20-10-9-19(33-2)13-22(20)34-3)11-21(26)24(23)36-15-16-5-7-18(8-6-16)29(31)32/h5-14H,4,15H2,1-3H3,(H,28,30)/b27-14-. The summed E-state index contributed by atoms with van der Waals surface area (Å²) in [6.45, 7) is 2.43. The fourth-order valence-corrected chi connectivity index (χ4v) is 3.72. The number of carbonyl (C=O) groups is 1. The van der Waals surface area contributed by atoms with Crippen LogP contribution in [0.4, 0.5) is 5.69 Å². The molecule has 0 aliphatic carbocycles. The number of rotatable bonds is 11. The third-order valence-electron chi connectivity index (χ3n) is 4.90. The number of amides is 1. The van der Waals surface area contributed by atoms with Gasteiger partial charge in [0.2, 0.25) is 0 Å². The zero-order chi connectivity index (χ0) is 26.1. The van der Waals surface area contributed by atoms with E-state index in [2.05, 4.69) is 26.5 Å². The fraction of sp³-hybridized carbons (Fsp3) is 0.200. The third-order valence-corrected chi connectivity index (χ3v) is 5.48. The molecular formula is C25H24BrN3O7. The van der Waals surface area contributed by atoms with E-state index in [-0.39, 0.29) is 12.3 Å². The molecule has 1 N–H and O–H groups in total.